The number of aromatic nitrogens is 1. The van der Waals surface area contributed by atoms with Crippen LogP contribution < -0.4 is 9.67 Å². The number of carbonyl (C=O) groups excluding carboxylic acids is 1. The lowest BCUT2D eigenvalue weighted by Crippen LogP contribution is -2.32. The smallest absolute Gasteiger partial charge is 0.181 e. The van der Waals surface area contributed by atoms with Crippen molar-refractivity contribution in [3.05, 3.63) is 30.1 Å². The Morgan fingerprint density at radius 2 is 1.19 bits per heavy atom. The van der Waals surface area contributed by atoms with Gasteiger partial charge in [0.25, 0.3) is 0 Å². The molecule has 0 unspecified atom stereocenters. The van der Waals surface area contributed by atoms with Crippen molar-refractivity contribution in [1.29, 1.82) is 0 Å². The van der Waals surface area contributed by atoms with E-state index in [1.165, 1.54) is 95.6 Å². The predicted octanol–water partition coefficient (Wildman–Crippen LogP) is 5.05. The highest BCUT2D eigenvalue weighted by Crippen LogP contribution is 2.14. The Morgan fingerprint density at radius 3 is 1.63 bits per heavy atom. The van der Waals surface area contributed by atoms with Crippen LogP contribution in [0.25, 0.3) is 0 Å². The quantitative estimate of drug-likeness (QED) is 0.266. The van der Waals surface area contributed by atoms with Crippen LogP contribution in [0, 0.1) is 0 Å². The van der Waals surface area contributed by atoms with Crippen LogP contribution in [0.1, 0.15) is 108 Å². The summed E-state index contributed by atoms with van der Waals surface area (Å²) in [5.41, 5.74) is 1.44. The van der Waals surface area contributed by atoms with Gasteiger partial charge in [0.1, 0.15) is 7.05 Å². The highest BCUT2D eigenvalue weighted by molar-refractivity contribution is 5.63. The van der Waals surface area contributed by atoms with E-state index in [1.54, 1.807) is 0 Å². The van der Waals surface area contributed by atoms with Gasteiger partial charge in [0.05, 0.1) is 0 Å². The van der Waals surface area contributed by atoms with Gasteiger partial charge in [-0.2, -0.15) is 0 Å². The summed E-state index contributed by atoms with van der Waals surface area (Å²) in [5.74, 6) is -0.906. The molecular weight excluding hydrogens is 334 g/mol. The topological polar surface area (TPSA) is 44.0 Å². The van der Waals surface area contributed by atoms with Crippen molar-refractivity contribution in [2.45, 2.75) is 109 Å². The van der Waals surface area contributed by atoms with Crippen molar-refractivity contribution in [2.24, 2.45) is 7.05 Å². The predicted molar refractivity (Wildman–Crippen MR) is 110 cm³/mol. The number of hydrogen-bond acceptors (Lipinski definition) is 2. The van der Waals surface area contributed by atoms with E-state index in [0.29, 0.717) is 0 Å². The first-order valence-electron chi connectivity index (χ1n) is 11.3. The molecule has 0 aliphatic heterocycles. The van der Waals surface area contributed by atoms with Gasteiger partial charge in [0.15, 0.2) is 11.9 Å². The third-order valence-corrected chi connectivity index (χ3v) is 5.48. The van der Waals surface area contributed by atoms with Gasteiger partial charge in [-0.05, 0) is 19.3 Å². The SMILES string of the molecule is C[n+]1ccccc1CCCCCCCCCCCCCCCCCC(=O)[O-]. The third-order valence-electron chi connectivity index (χ3n) is 5.48. The van der Waals surface area contributed by atoms with Crippen molar-refractivity contribution in [2.75, 3.05) is 0 Å². The molecule has 1 heterocycles. The molecule has 0 aliphatic rings. The average molecular weight is 376 g/mol. The van der Waals surface area contributed by atoms with Gasteiger partial charge in [-0.1, -0.05) is 89.5 Å². The van der Waals surface area contributed by atoms with Crippen molar-refractivity contribution in [3.63, 3.8) is 0 Å². The van der Waals surface area contributed by atoms with Gasteiger partial charge in [-0.15, -0.1) is 0 Å². The molecule has 0 atom stereocenters. The summed E-state index contributed by atoms with van der Waals surface area (Å²) >= 11 is 0. The van der Waals surface area contributed by atoms with Crippen LogP contribution in [0.5, 0.6) is 0 Å². The second-order valence-electron chi connectivity index (χ2n) is 7.98. The number of carbonyl (C=O) groups is 1. The molecule has 0 aromatic carbocycles. The Labute approximate surface area is 167 Å². The fourth-order valence-corrected chi connectivity index (χ4v) is 3.69. The molecule has 0 fully saturated rings. The van der Waals surface area contributed by atoms with Crippen LogP contribution in [-0.4, -0.2) is 5.97 Å². The molecule has 0 radical (unpaired) electrons. The monoisotopic (exact) mass is 375 g/mol. The van der Waals surface area contributed by atoms with Crippen molar-refractivity contribution < 1.29 is 14.5 Å². The van der Waals surface area contributed by atoms with Gasteiger partial charge < -0.3 is 9.90 Å². The maximum atomic E-state index is 10.3. The van der Waals surface area contributed by atoms with Crippen LogP contribution >= 0.6 is 0 Å². The minimum Gasteiger partial charge on any atom is -0.550 e. The molecule has 3 nitrogen and oxygen atoms in total. The van der Waals surface area contributed by atoms with Gasteiger partial charge in [0, 0.05) is 24.5 Å². The number of aryl methyl sites for hydroxylation is 2. The summed E-state index contributed by atoms with van der Waals surface area (Å²) in [7, 11) is 2.13. The molecule has 0 saturated carbocycles. The second-order valence-corrected chi connectivity index (χ2v) is 7.98. The van der Waals surface area contributed by atoms with Crippen LogP contribution in [0.2, 0.25) is 0 Å². The number of rotatable bonds is 18. The number of nitrogens with zero attached hydrogens (tertiary/aromatic N) is 1. The molecular formula is C24H41NO2. The number of unbranched alkanes of at least 4 members (excludes halogenated alkanes) is 14. The zero-order chi connectivity index (χ0) is 19.6. The lowest BCUT2D eigenvalue weighted by molar-refractivity contribution is -0.679. The Bertz CT molecular complexity index is 487. The maximum absolute atomic E-state index is 10.3. The zero-order valence-corrected chi connectivity index (χ0v) is 17.6. The van der Waals surface area contributed by atoms with E-state index >= 15 is 0 Å². The number of carboxylic acid groups (broad SMARTS) is 1. The molecule has 1 aromatic heterocycles. The first kappa shape index (κ1) is 23.7. The van der Waals surface area contributed by atoms with E-state index in [1.807, 2.05) is 0 Å². The highest BCUT2D eigenvalue weighted by Gasteiger charge is 2.03. The van der Waals surface area contributed by atoms with Crippen LogP contribution in [0.3, 0.4) is 0 Å². The van der Waals surface area contributed by atoms with E-state index in [2.05, 4.69) is 36.0 Å². The Balaban J connectivity index is 1.74. The maximum Gasteiger partial charge on any atom is 0.181 e. The largest absolute Gasteiger partial charge is 0.550 e. The van der Waals surface area contributed by atoms with E-state index in [-0.39, 0.29) is 6.42 Å². The summed E-state index contributed by atoms with van der Waals surface area (Å²) in [6.45, 7) is 0. The summed E-state index contributed by atoms with van der Waals surface area (Å²) in [6, 6.07) is 6.46. The molecule has 27 heavy (non-hydrogen) atoms. The second kappa shape index (κ2) is 16.8. The van der Waals surface area contributed by atoms with Gasteiger partial charge in [-0.25, -0.2) is 4.57 Å². The molecule has 0 aliphatic carbocycles. The Kier molecular flexibility index (Phi) is 14.7. The summed E-state index contributed by atoms with van der Waals surface area (Å²) < 4.78 is 2.23. The Morgan fingerprint density at radius 1 is 0.741 bits per heavy atom. The van der Waals surface area contributed by atoms with E-state index in [0.717, 1.165) is 12.8 Å². The van der Waals surface area contributed by atoms with Crippen LogP contribution in [0.4, 0.5) is 0 Å². The molecule has 0 N–H and O–H groups in total. The molecule has 1 aromatic rings. The number of hydrogen-bond donors (Lipinski definition) is 0. The average Bonchev–Trinajstić information content (AvgIpc) is 2.65. The number of carboxylic acids is 1. The summed E-state index contributed by atoms with van der Waals surface area (Å²) in [6.07, 6.45) is 22.9. The fraction of sp³-hybridized carbons (Fsp3) is 0.750. The van der Waals surface area contributed by atoms with Crippen molar-refractivity contribution in [3.8, 4) is 0 Å². The minimum atomic E-state index is -0.906. The number of aliphatic carboxylic acids is 1. The highest BCUT2D eigenvalue weighted by atomic mass is 16.4. The third kappa shape index (κ3) is 14.4. The fourth-order valence-electron chi connectivity index (χ4n) is 3.69. The molecule has 3 heteroatoms. The standard InChI is InChI=1S/C24H41NO2/c1-25-22-18-17-20-23(25)19-15-13-11-9-7-5-3-2-4-6-8-10-12-14-16-21-24(26)27/h17-18,20,22H,2-16,19,21H2,1H3. The normalized spacial score (nSPS) is 11.0. The first-order chi connectivity index (χ1) is 13.2. The van der Waals surface area contributed by atoms with Gasteiger partial charge in [0.2, 0.25) is 0 Å². The van der Waals surface area contributed by atoms with Crippen LogP contribution in [-0.2, 0) is 18.3 Å². The molecule has 0 amide bonds. The van der Waals surface area contributed by atoms with Crippen LogP contribution in [0.15, 0.2) is 24.4 Å². The lowest BCUT2D eigenvalue weighted by atomic mass is 10.0. The molecule has 0 bridgehead atoms. The summed E-state index contributed by atoms with van der Waals surface area (Å²) in [5, 5.41) is 10.3. The van der Waals surface area contributed by atoms with E-state index in [9.17, 15) is 9.90 Å². The van der Waals surface area contributed by atoms with E-state index in [4.69, 9.17) is 0 Å². The molecule has 0 saturated heterocycles. The minimum absolute atomic E-state index is 0.228. The van der Waals surface area contributed by atoms with Gasteiger partial charge >= 0.3 is 0 Å². The van der Waals surface area contributed by atoms with E-state index < -0.39 is 5.97 Å². The zero-order valence-electron chi connectivity index (χ0n) is 17.6. The molecule has 154 valence electrons. The Hall–Kier alpha value is -1.38. The first-order valence-corrected chi connectivity index (χ1v) is 11.3. The lowest BCUT2D eigenvalue weighted by Gasteiger charge is -2.04. The van der Waals surface area contributed by atoms with Gasteiger partial charge in [-0.3, -0.25) is 0 Å². The molecule has 0 spiro atoms. The summed E-state index contributed by atoms with van der Waals surface area (Å²) in [4.78, 5) is 10.3. The van der Waals surface area contributed by atoms with Crippen molar-refractivity contribution >= 4 is 5.97 Å². The molecule has 1 rings (SSSR count). The number of pyridine rings is 1. The van der Waals surface area contributed by atoms with Crippen molar-refractivity contribution in [1.82, 2.24) is 0 Å².